The van der Waals surface area contributed by atoms with Crippen molar-refractivity contribution in [3.63, 3.8) is 0 Å². The van der Waals surface area contributed by atoms with E-state index in [4.69, 9.17) is 9.16 Å². The maximum absolute atomic E-state index is 5.64. The minimum Gasteiger partial charge on any atom is -0.415 e. The molecule has 0 aliphatic heterocycles. The highest BCUT2D eigenvalue weighted by Crippen LogP contribution is 2.01. The Kier molecular flexibility index (Phi) is 4.31. The van der Waals surface area contributed by atoms with Crippen molar-refractivity contribution < 1.29 is 9.16 Å². The minimum absolute atomic E-state index is 0.551. The molecular weight excluding hydrogens is 196 g/mol. The fourth-order valence-corrected chi connectivity index (χ4v) is 1.64. The minimum atomic E-state index is -1.37. The van der Waals surface area contributed by atoms with Gasteiger partial charge in [0.05, 0.1) is 19.5 Å². The molecule has 0 unspecified atom stereocenters. The van der Waals surface area contributed by atoms with E-state index in [0.29, 0.717) is 19.9 Å². The Morgan fingerprint density at radius 1 is 1.29 bits per heavy atom. The SMILES string of the molecule is C[Si](C)(C)OCCOCn1ccnc1. The molecule has 4 nitrogen and oxygen atoms in total. The van der Waals surface area contributed by atoms with E-state index in [-0.39, 0.29) is 0 Å². The summed E-state index contributed by atoms with van der Waals surface area (Å²) in [4.78, 5) is 3.92. The number of rotatable bonds is 6. The summed E-state index contributed by atoms with van der Waals surface area (Å²) < 4.78 is 12.9. The lowest BCUT2D eigenvalue weighted by molar-refractivity contribution is 0.0522. The Morgan fingerprint density at radius 2 is 2.07 bits per heavy atom. The summed E-state index contributed by atoms with van der Waals surface area (Å²) in [5, 5.41) is 0. The molecule has 1 heterocycles. The van der Waals surface area contributed by atoms with Gasteiger partial charge in [-0.05, 0) is 19.6 Å². The van der Waals surface area contributed by atoms with E-state index in [0.717, 1.165) is 0 Å². The fraction of sp³-hybridized carbons (Fsp3) is 0.667. The van der Waals surface area contributed by atoms with Crippen molar-refractivity contribution in [3.05, 3.63) is 18.7 Å². The molecule has 0 N–H and O–H groups in total. The molecule has 1 aromatic heterocycles. The van der Waals surface area contributed by atoms with E-state index >= 15 is 0 Å². The molecule has 0 radical (unpaired) electrons. The zero-order chi connectivity index (χ0) is 10.4. The Morgan fingerprint density at radius 3 is 2.64 bits per heavy atom. The molecule has 0 aliphatic rings. The first kappa shape index (κ1) is 11.4. The molecule has 1 aromatic rings. The van der Waals surface area contributed by atoms with Crippen LogP contribution in [0.2, 0.25) is 19.6 Å². The highest BCUT2D eigenvalue weighted by molar-refractivity contribution is 6.69. The lowest BCUT2D eigenvalue weighted by atomic mass is 10.8. The topological polar surface area (TPSA) is 36.3 Å². The molecule has 0 bridgehead atoms. The lowest BCUT2D eigenvalue weighted by Gasteiger charge is -2.16. The highest BCUT2D eigenvalue weighted by atomic mass is 28.4. The largest absolute Gasteiger partial charge is 0.415 e. The Balaban J connectivity index is 2.00. The first-order chi connectivity index (χ1) is 6.58. The van der Waals surface area contributed by atoms with Crippen molar-refractivity contribution in [3.8, 4) is 0 Å². The molecule has 0 saturated heterocycles. The van der Waals surface area contributed by atoms with E-state index < -0.39 is 8.32 Å². The molecule has 5 heteroatoms. The maximum atomic E-state index is 5.64. The van der Waals surface area contributed by atoms with E-state index in [2.05, 4.69) is 24.6 Å². The zero-order valence-electron chi connectivity index (χ0n) is 9.06. The van der Waals surface area contributed by atoms with E-state index in [1.54, 1.807) is 12.5 Å². The molecule has 0 atom stereocenters. The van der Waals surface area contributed by atoms with Gasteiger partial charge in [0.1, 0.15) is 6.73 Å². The smallest absolute Gasteiger partial charge is 0.183 e. The molecule has 1 rings (SSSR count). The van der Waals surface area contributed by atoms with Crippen LogP contribution in [-0.2, 0) is 15.9 Å². The van der Waals surface area contributed by atoms with Gasteiger partial charge < -0.3 is 13.7 Å². The second kappa shape index (κ2) is 5.28. The first-order valence-electron chi connectivity index (χ1n) is 4.75. The third-order valence-electron chi connectivity index (χ3n) is 1.56. The van der Waals surface area contributed by atoms with Gasteiger partial charge in [0.15, 0.2) is 8.32 Å². The van der Waals surface area contributed by atoms with E-state index in [9.17, 15) is 0 Å². The van der Waals surface area contributed by atoms with Gasteiger partial charge in [-0.3, -0.25) is 0 Å². The number of nitrogens with zero attached hydrogens (tertiary/aromatic N) is 2. The second-order valence-electron chi connectivity index (χ2n) is 4.08. The van der Waals surface area contributed by atoms with Crippen LogP contribution < -0.4 is 0 Å². The Labute approximate surface area is 86.0 Å². The lowest BCUT2D eigenvalue weighted by Crippen LogP contribution is -2.27. The second-order valence-corrected chi connectivity index (χ2v) is 8.59. The molecule has 0 aliphatic carbocycles. The van der Waals surface area contributed by atoms with E-state index in [1.165, 1.54) is 0 Å². The molecule has 80 valence electrons. The van der Waals surface area contributed by atoms with Crippen LogP contribution in [0.4, 0.5) is 0 Å². The Hall–Kier alpha value is -0.653. The average Bonchev–Trinajstić information content (AvgIpc) is 2.54. The summed E-state index contributed by atoms with van der Waals surface area (Å²) in [5.41, 5.74) is 0. The molecule has 0 spiro atoms. The number of ether oxygens (including phenoxy) is 1. The maximum Gasteiger partial charge on any atom is 0.183 e. The number of hydrogen-bond acceptors (Lipinski definition) is 3. The van der Waals surface area contributed by atoms with Gasteiger partial charge in [0.2, 0.25) is 0 Å². The van der Waals surface area contributed by atoms with Crippen molar-refractivity contribution in [2.45, 2.75) is 26.4 Å². The quantitative estimate of drug-likeness (QED) is 0.534. The van der Waals surface area contributed by atoms with Crippen LogP contribution in [0.25, 0.3) is 0 Å². The predicted molar refractivity (Wildman–Crippen MR) is 57.5 cm³/mol. The van der Waals surface area contributed by atoms with Gasteiger partial charge in [0, 0.05) is 12.4 Å². The first-order valence-corrected chi connectivity index (χ1v) is 8.16. The molecular formula is C9H18N2O2Si. The monoisotopic (exact) mass is 214 g/mol. The van der Waals surface area contributed by atoms with Crippen LogP contribution in [0.1, 0.15) is 0 Å². The fourth-order valence-electron chi connectivity index (χ4n) is 0.940. The highest BCUT2D eigenvalue weighted by Gasteiger charge is 2.12. The molecule has 0 fully saturated rings. The summed E-state index contributed by atoms with van der Waals surface area (Å²) in [6.07, 6.45) is 5.35. The summed E-state index contributed by atoms with van der Waals surface area (Å²) in [5.74, 6) is 0. The van der Waals surface area contributed by atoms with Crippen molar-refractivity contribution >= 4 is 8.32 Å². The van der Waals surface area contributed by atoms with Crippen LogP contribution in [0.3, 0.4) is 0 Å². The molecule has 14 heavy (non-hydrogen) atoms. The van der Waals surface area contributed by atoms with Crippen LogP contribution in [0, 0.1) is 0 Å². The molecule has 0 saturated carbocycles. The van der Waals surface area contributed by atoms with Crippen LogP contribution >= 0.6 is 0 Å². The normalized spacial score (nSPS) is 11.9. The van der Waals surface area contributed by atoms with Crippen LogP contribution in [0.15, 0.2) is 18.7 Å². The van der Waals surface area contributed by atoms with Crippen molar-refractivity contribution in [1.82, 2.24) is 9.55 Å². The standard InChI is InChI=1S/C9H18N2O2Si/c1-14(2,3)13-7-6-12-9-11-5-4-10-8-11/h4-5,8H,6-7,9H2,1-3H3. The van der Waals surface area contributed by atoms with Crippen molar-refractivity contribution in [1.29, 1.82) is 0 Å². The van der Waals surface area contributed by atoms with Gasteiger partial charge in [-0.2, -0.15) is 0 Å². The van der Waals surface area contributed by atoms with Gasteiger partial charge in [-0.25, -0.2) is 4.98 Å². The summed E-state index contributed by atoms with van der Waals surface area (Å²) in [6, 6.07) is 0. The summed E-state index contributed by atoms with van der Waals surface area (Å²) in [7, 11) is -1.37. The summed E-state index contributed by atoms with van der Waals surface area (Å²) in [6.45, 7) is 8.39. The predicted octanol–water partition coefficient (Wildman–Crippen LogP) is 1.71. The van der Waals surface area contributed by atoms with Crippen LogP contribution in [0.5, 0.6) is 0 Å². The van der Waals surface area contributed by atoms with Crippen LogP contribution in [-0.4, -0.2) is 31.1 Å². The molecule has 0 aromatic carbocycles. The third-order valence-corrected chi connectivity index (χ3v) is 2.63. The van der Waals surface area contributed by atoms with Crippen molar-refractivity contribution in [2.75, 3.05) is 13.2 Å². The Bertz CT molecular complexity index is 244. The zero-order valence-corrected chi connectivity index (χ0v) is 10.1. The summed E-state index contributed by atoms with van der Waals surface area (Å²) >= 11 is 0. The molecule has 0 amide bonds. The van der Waals surface area contributed by atoms with Gasteiger partial charge >= 0.3 is 0 Å². The number of hydrogen-bond donors (Lipinski definition) is 0. The van der Waals surface area contributed by atoms with Gasteiger partial charge in [0.25, 0.3) is 0 Å². The third kappa shape index (κ3) is 5.16. The van der Waals surface area contributed by atoms with Gasteiger partial charge in [-0.15, -0.1) is 0 Å². The van der Waals surface area contributed by atoms with E-state index in [1.807, 2.05) is 10.8 Å². The number of aromatic nitrogens is 2. The van der Waals surface area contributed by atoms with Crippen molar-refractivity contribution in [2.24, 2.45) is 0 Å². The average molecular weight is 214 g/mol. The van der Waals surface area contributed by atoms with Gasteiger partial charge in [-0.1, -0.05) is 0 Å². The number of imidazole rings is 1.